The minimum absolute atomic E-state index is 0.0826. The summed E-state index contributed by atoms with van der Waals surface area (Å²) >= 11 is 12.1. The Labute approximate surface area is 204 Å². The van der Waals surface area contributed by atoms with Crippen LogP contribution >= 0.6 is 23.2 Å². The van der Waals surface area contributed by atoms with Gasteiger partial charge in [0, 0.05) is 18.1 Å². The Morgan fingerprint density at radius 1 is 1.12 bits per heavy atom. The Hall–Kier alpha value is -2.49. The van der Waals surface area contributed by atoms with Crippen molar-refractivity contribution >= 4 is 50.7 Å². The monoisotopic (exact) mass is 515 g/mol. The lowest BCUT2D eigenvalue weighted by Crippen LogP contribution is -2.51. The highest BCUT2D eigenvalue weighted by atomic mass is 35.5. The van der Waals surface area contributed by atoms with Gasteiger partial charge in [-0.3, -0.25) is 13.9 Å². The number of halogens is 2. The van der Waals surface area contributed by atoms with E-state index in [4.69, 9.17) is 27.9 Å². The quantitative estimate of drug-likeness (QED) is 0.523. The zero-order valence-electron chi connectivity index (χ0n) is 18.8. The van der Waals surface area contributed by atoms with Gasteiger partial charge in [-0.15, -0.1) is 0 Å². The molecule has 0 fully saturated rings. The van der Waals surface area contributed by atoms with Crippen molar-refractivity contribution in [2.24, 2.45) is 0 Å². The molecule has 0 aliphatic carbocycles. The van der Waals surface area contributed by atoms with Crippen LogP contribution in [-0.4, -0.2) is 57.6 Å². The average molecular weight is 516 g/mol. The van der Waals surface area contributed by atoms with Crippen LogP contribution in [0.1, 0.15) is 19.4 Å². The molecule has 0 aliphatic heterocycles. The van der Waals surface area contributed by atoms with Crippen molar-refractivity contribution in [3.05, 3.63) is 58.1 Å². The molecular weight excluding hydrogens is 489 g/mol. The number of ether oxygens (including phenoxy) is 1. The normalized spacial score (nSPS) is 12.1. The molecule has 0 radical (unpaired) electrons. The van der Waals surface area contributed by atoms with E-state index in [-0.39, 0.29) is 23.2 Å². The SMILES string of the molecule is CCNC(=O)[C@H](C)N(Cc1ccc(OC)cc1)C(=O)CN(c1ccc(Cl)cc1Cl)S(C)(=O)=O. The van der Waals surface area contributed by atoms with Crippen molar-refractivity contribution in [1.29, 1.82) is 0 Å². The van der Waals surface area contributed by atoms with Gasteiger partial charge in [-0.1, -0.05) is 35.3 Å². The van der Waals surface area contributed by atoms with Gasteiger partial charge >= 0.3 is 0 Å². The third-order valence-electron chi connectivity index (χ3n) is 4.89. The van der Waals surface area contributed by atoms with Gasteiger partial charge in [0.25, 0.3) is 0 Å². The third kappa shape index (κ3) is 7.25. The molecule has 1 N–H and O–H groups in total. The second-order valence-corrected chi connectivity index (χ2v) is 10.1. The molecule has 0 aromatic heterocycles. The predicted octanol–water partition coefficient (Wildman–Crippen LogP) is 3.32. The number of benzene rings is 2. The van der Waals surface area contributed by atoms with E-state index in [1.54, 1.807) is 45.2 Å². The largest absolute Gasteiger partial charge is 0.497 e. The molecule has 1 atom stereocenters. The molecule has 0 aliphatic rings. The summed E-state index contributed by atoms with van der Waals surface area (Å²) < 4.78 is 31.1. The second kappa shape index (κ2) is 11.6. The minimum Gasteiger partial charge on any atom is -0.497 e. The van der Waals surface area contributed by atoms with Crippen LogP contribution in [0.25, 0.3) is 0 Å². The molecule has 0 heterocycles. The first-order valence-electron chi connectivity index (χ1n) is 10.1. The summed E-state index contributed by atoms with van der Waals surface area (Å²) in [6, 6.07) is 10.5. The first kappa shape index (κ1) is 26.8. The number of hydrogen-bond acceptors (Lipinski definition) is 5. The van der Waals surface area contributed by atoms with E-state index in [0.717, 1.165) is 16.1 Å². The lowest BCUT2D eigenvalue weighted by atomic mass is 10.1. The number of nitrogens with zero attached hydrogens (tertiary/aromatic N) is 2. The molecule has 0 saturated heterocycles. The van der Waals surface area contributed by atoms with Crippen LogP contribution in [-0.2, 0) is 26.2 Å². The lowest BCUT2D eigenvalue weighted by molar-refractivity contribution is -0.139. The van der Waals surface area contributed by atoms with Crippen LogP contribution in [0.3, 0.4) is 0 Å². The number of carbonyl (C=O) groups excluding carboxylic acids is 2. The number of likely N-dealkylation sites (N-methyl/N-ethyl adjacent to an activating group) is 1. The van der Waals surface area contributed by atoms with Crippen LogP contribution in [0.15, 0.2) is 42.5 Å². The molecule has 8 nitrogen and oxygen atoms in total. The number of carbonyl (C=O) groups is 2. The summed E-state index contributed by atoms with van der Waals surface area (Å²) in [5, 5.41) is 3.11. The van der Waals surface area contributed by atoms with Gasteiger partial charge in [-0.05, 0) is 49.7 Å². The zero-order chi connectivity index (χ0) is 24.8. The van der Waals surface area contributed by atoms with E-state index in [0.29, 0.717) is 17.3 Å². The number of rotatable bonds is 10. The van der Waals surface area contributed by atoms with E-state index in [1.807, 2.05) is 0 Å². The fourth-order valence-corrected chi connectivity index (χ4v) is 4.53. The van der Waals surface area contributed by atoms with E-state index < -0.39 is 28.5 Å². The number of anilines is 1. The zero-order valence-corrected chi connectivity index (χ0v) is 21.2. The number of sulfonamides is 1. The molecule has 0 unspecified atom stereocenters. The fraction of sp³-hybridized carbons (Fsp3) is 0.364. The first-order chi connectivity index (χ1) is 15.5. The Morgan fingerprint density at radius 3 is 2.27 bits per heavy atom. The maximum Gasteiger partial charge on any atom is 0.244 e. The van der Waals surface area contributed by atoms with Crippen LogP contribution in [0.4, 0.5) is 5.69 Å². The Bertz CT molecular complexity index is 1090. The maximum atomic E-state index is 13.4. The lowest BCUT2D eigenvalue weighted by Gasteiger charge is -2.31. The summed E-state index contributed by atoms with van der Waals surface area (Å²) in [5.74, 6) is -0.273. The van der Waals surface area contributed by atoms with Gasteiger partial charge in [-0.2, -0.15) is 0 Å². The van der Waals surface area contributed by atoms with Gasteiger partial charge in [-0.25, -0.2) is 8.42 Å². The summed E-state index contributed by atoms with van der Waals surface area (Å²) in [5.41, 5.74) is 0.864. The first-order valence-corrected chi connectivity index (χ1v) is 12.7. The minimum atomic E-state index is -3.88. The highest BCUT2D eigenvalue weighted by Crippen LogP contribution is 2.30. The van der Waals surface area contributed by atoms with Crippen molar-refractivity contribution in [3.8, 4) is 5.75 Å². The molecule has 2 amide bonds. The molecule has 2 aromatic rings. The van der Waals surface area contributed by atoms with Gasteiger partial charge in [0.2, 0.25) is 21.8 Å². The predicted molar refractivity (Wildman–Crippen MR) is 130 cm³/mol. The molecular formula is C22H27Cl2N3O5S. The highest BCUT2D eigenvalue weighted by molar-refractivity contribution is 7.92. The standard InChI is InChI=1S/C22H27Cl2N3O5S/c1-5-25-22(29)15(2)26(13-16-6-9-18(32-3)10-7-16)21(28)14-27(33(4,30)31)20-11-8-17(23)12-19(20)24/h6-12,15H,5,13-14H2,1-4H3,(H,25,29)/t15-/m0/s1. The Kier molecular flexibility index (Phi) is 9.39. The van der Waals surface area contributed by atoms with Gasteiger partial charge < -0.3 is 15.0 Å². The summed E-state index contributed by atoms with van der Waals surface area (Å²) in [6.07, 6.45) is 0.978. The number of hydrogen-bond donors (Lipinski definition) is 1. The molecule has 2 rings (SSSR count). The van der Waals surface area contributed by atoms with Crippen LogP contribution in [0.2, 0.25) is 10.0 Å². The highest BCUT2D eigenvalue weighted by Gasteiger charge is 2.30. The smallest absolute Gasteiger partial charge is 0.244 e. The number of methoxy groups -OCH3 is 1. The van der Waals surface area contributed by atoms with E-state index in [1.165, 1.54) is 23.1 Å². The summed E-state index contributed by atoms with van der Waals surface area (Å²) in [4.78, 5) is 27.2. The van der Waals surface area contributed by atoms with Crippen molar-refractivity contribution in [3.63, 3.8) is 0 Å². The second-order valence-electron chi connectivity index (χ2n) is 7.31. The molecule has 2 aromatic carbocycles. The molecule has 0 spiro atoms. The summed E-state index contributed by atoms with van der Waals surface area (Å²) in [6.45, 7) is 3.30. The Morgan fingerprint density at radius 2 is 1.76 bits per heavy atom. The van der Waals surface area contributed by atoms with Crippen molar-refractivity contribution in [2.45, 2.75) is 26.4 Å². The van der Waals surface area contributed by atoms with E-state index >= 15 is 0 Å². The van der Waals surface area contributed by atoms with Crippen LogP contribution in [0.5, 0.6) is 5.75 Å². The fourth-order valence-electron chi connectivity index (χ4n) is 3.11. The molecule has 33 heavy (non-hydrogen) atoms. The summed E-state index contributed by atoms with van der Waals surface area (Å²) in [7, 11) is -2.33. The number of amides is 2. The van der Waals surface area contributed by atoms with Gasteiger partial charge in [0.05, 0.1) is 24.1 Å². The van der Waals surface area contributed by atoms with Gasteiger partial charge in [0.15, 0.2) is 0 Å². The number of nitrogens with one attached hydrogen (secondary N) is 1. The van der Waals surface area contributed by atoms with Crippen molar-refractivity contribution < 1.29 is 22.7 Å². The Balaban J connectivity index is 2.40. The average Bonchev–Trinajstić information content (AvgIpc) is 2.75. The molecule has 0 saturated carbocycles. The van der Waals surface area contributed by atoms with Gasteiger partial charge in [0.1, 0.15) is 18.3 Å². The molecule has 0 bridgehead atoms. The topological polar surface area (TPSA) is 96.0 Å². The maximum absolute atomic E-state index is 13.4. The van der Waals surface area contributed by atoms with E-state index in [9.17, 15) is 18.0 Å². The molecule has 11 heteroatoms. The van der Waals surface area contributed by atoms with Crippen LogP contribution in [0, 0.1) is 0 Å². The van der Waals surface area contributed by atoms with Crippen molar-refractivity contribution in [2.75, 3.05) is 30.8 Å². The van der Waals surface area contributed by atoms with Crippen LogP contribution < -0.4 is 14.4 Å². The van der Waals surface area contributed by atoms with Crippen molar-refractivity contribution in [1.82, 2.24) is 10.2 Å². The van der Waals surface area contributed by atoms with E-state index in [2.05, 4.69) is 5.32 Å². The molecule has 180 valence electrons. The third-order valence-corrected chi connectivity index (χ3v) is 6.55.